The Labute approximate surface area is 171 Å². The number of benzene rings is 2. The van der Waals surface area contributed by atoms with Crippen molar-refractivity contribution in [1.82, 2.24) is 9.55 Å². The van der Waals surface area contributed by atoms with Gasteiger partial charge >= 0.3 is 0 Å². The van der Waals surface area contributed by atoms with Crippen molar-refractivity contribution in [1.29, 1.82) is 0 Å². The largest absolute Gasteiger partial charge is 0.494 e. The Morgan fingerprint density at radius 3 is 2.41 bits per heavy atom. The van der Waals surface area contributed by atoms with Crippen LogP contribution in [0.5, 0.6) is 11.5 Å². The van der Waals surface area contributed by atoms with Gasteiger partial charge in [-0.25, -0.2) is 9.37 Å². The number of ether oxygens (including phenoxy) is 2. The van der Waals surface area contributed by atoms with E-state index in [9.17, 15) is 9.18 Å². The third-order valence-electron chi connectivity index (χ3n) is 4.45. The van der Waals surface area contributed by atoms with Crippen LogP contribution in [0, 0.1) is 5.82 Å². The van der Waals surface area contributed by atoms with Gasteiger partial charge in [-0.2, -0.15) is 0 Å². The van der Waals surface area contributed by atoms with Crippen LogP contribution < -0.4 is 15.0 Å². The van der Waals surface area contributed by atoms with Crippen LogP contribution in [-0.2, 0) is 6.54 Å². The van der Waals surface area contributed by atoms with Crippen LogP contribution in [0.15, 0.2) is 65.0 Å². The summed E-state index contributed by atoms with van der Waals surface area (Å²) in [6.07, 6.45) is 1.54. The third kappa shape index (κ3) is 4.14. The van der Waals surface area contributed by atoms with E-state index in [4.69, 9.17) is 9.47 Å². The molecule has 0 spiro atoms. The molecule has 0 bridgehead atoms. The zero-order chi connectivity index (χ0) is 20.2. The normalized spacial score (nSPS) is 11.0. The fourth-order valence-electron chi connectivity index (χ4n) is 3.03. The highest BCUT2D eigenvalue weighted by Gasteiger charge is 2.13. The van der Waals surface area contributed by atoms with E-state index in [1.807, 2.05) is 36.6 Å². The highest BCUT2D eigenvalue weighted by molar-refractivity contribution is 7.17. The molecule has 0 unspecified atom stereocenters. The average molecular weight is 410 g/mol. The second kappa shape index (κ2) is 8.45. The molecule has 0 N–H and O–H groups in total. The molecule has 0 aliphatic rings. The lowest BCUT2D eigenvalue weighted by molar-refractivity contribution is 0.294. The smallest absolute Gasteiger partial charge is 0.262 e. The van der Waals surface area contributed by atoms with Crippen molar-refractivity contribution in [3.63, 3.8) is 0 Å². The fourth-order valence-corrected chi connectivity index (χ4v) is 3.94. The minimum absolute atomic E-state index is 0.133. The van der Waals surface area contributed by atoms with E-state index in [0.717, 1.165) is 16.9 Å². The minimum Gasteiger partial charge on any atom is -0.494 e. The fraction of sp³-hybridized carbons (Fsp3) is 0.182. The first-order valence-electron chi connectivity index (χ1n) is 9.24. The first-order valence-corrected chi connectivity index (χ1v) is 10.1. The van der Waals surface area contributed by atoms with Gasteiger partial charge in [0.25, 0.3) is 5.56 Å². The van der Waals surface area contributed by atoms with Crippen molar-refractivity contribution in [3.05, 3.63) is 76.4 Å². The minimum atomic E-state index is -0.310. The lowest BCUT2D eigenvalue weighted by atomic mass is 10.1. The number of rotatable bonds is 7. The number of thiophene rings is 1. The first-order chi connectivity index (χ1) is 14.2. The van der Waals surface area contributed by atoms with Crippen molar-refractivity contribution < 1.29 is 13.9 Å². The lowest BCUT2D eigenvalue weighted by Gasteiger charge is -2.09. The number of hydrogen-bond acceptors (Lipinski definition) is 5. The van der Waals surface area contributed by atoms with Gasteiger partial charge in [-0.15, -0.1) is 11.3 Å². The van der Waals surface area contributed by atoms with Crippen molar-refractivity contribution in [2.75, 3.05) is 13.2 Å². The van der Waals surface area contributed by atoms with E-state index in [-0.39, 0.29) is 11.4 Å². The number of aromatic nitrogens is 2. The van der Waals surface area contributed by atoms with Gasteiger partial charge in [0.1, 0.15) is 28.8 Å². The molecule has 0 saturated carbocycles. The van der Waals surface area contributed by atoms with Crippen molar-refractivity contribution in [3.8, 4) is 22.6 Å². The molecule has 148 valence electrons. The second-order valence-corrected chi connectivity index (χ2v) is 7.19. The summed E-state index contributed by atoms with van der Waals surface area (Å²) >= 11 is 1.40. The zero-order valence-corrected chi connectivity index (χ0v) is 16.6. The molecule has 0 saturated heterocycles. The summed E-state index contributed by atoms with van der Waals surface area (Å²) in [4.78, 5) is 18.1. The molecule has 0 aliphatic carbocycles. The number of nitrogens with zero attached hydrogens (tertiary/aromatic N) is 2. The highest BCUT2D eigenvalue weighted by Crippen LogP contribution is 2.30. The van der Waals surface area contributed by atoms with Crippen LogP contribution in [0.25, 0.3) is 21.3 Å². The predicted molar refractivity (Wildman–Crippen MR) is 112 cm³/mol. The molecule has 0 fully saturated rings. The molecule has 5 nitrogen and oxygen atoms in total. The molecule has 29 heavy (non-hydrogen) atoms. The van der Waals surface area contributed by atoms with Crippen LogP contribution in [0.1, 0.15) is 6.92 Å². The summed E-state index contributed by atoms with van der Waals surface area (Å²) in [5, 5.41) is 2.43. The summed E-state index contributed by atoms with van der Waals surface area (Å²) in [5.74, 6) is 1.19. The van der Waals surface area contributed by atoms with Crippen LogP contribution in [0.3, 0.4) is 0 Å². The summed E-state index contributed by atoms with van der Waals surface area (Å²) in [6, 6.07) is 13.5. The van der Waals surface area contributed by atoms with E-state index in [0.29, 0.717) is 35.7 Å². The van der Waals surface area contributed by atoms with Crippen LogP contribution >= 0.6 is 11.3 Å². The molecule has 2 heterocycles. The van der Waals surface area contributed by atoms with E-state index < -0.39 is 0 Å². The van der Waals surface area contributed by atoms with Crippen molar-refractivity contribution in [2.24, 2.45) is 0 Å². The van der Waals surface area contributed by atoms with Gasteiger partial charge in [-0.1, -0.05) is 12.1 Å². The molecule has 0 amide bonds. The molecule has 2 aromatic heterocycles. The molecular weight excluding hydrogens is 391 g/mol. The number of hydrogen-bond donors (Lipinski definition) is 0. The highest BCUT2D eigenvalue weighted by atomic mass is 32.1. The Hall–Kier alpha value is -3.19. The number of halogens is 1. The monoisotopic (exact) mass is 410 g/mol. The Kier molecular flexibility index (Phi) is 5.57. The molecule has 2 aromatic carbocycles. The topological polar surface area (TPSA) is 53.4 Å². The van der Waals surface area contributed by atoms with Gasteiger partial charge in [-0.3, -0.25) is 9.36 Å². The van der Waals surface area contributed by atoms with E-state index in [2.05, 4.69) is 4.98 Å². The SMILES string of the molecule is CCOc1ccc(OCCn2cnc3scc(-c4ccc(F)cc4)c3c2=O)cc1. The van der Waals surface area contributed by atoms with Crippen molar-refractivity contribution in [2.45, 2.75) is 13.5 Å². The summed E-state index contributed by atoms with van der Waals surface area (Å²) < 4.78 is 25.9. The molecule has 0 aliphatic heterocycles. The second-order valence-electron chi connectivity index (χ2n) is 6.33. The third-order valence-corrected chi connectivity index (χ3v) is 5.34. The predicted octanol–water partition coefficient (Wildman–Crippen LogP) is 4.74. The molecule has 0 radical (unpaired) electrons. The van der Waals surface area contributed by atoms with Gasteiger partial charge in [-0.05, 0) is 48.9 Å². The maximum atomic E-state index is 13.2. The van der Waals surface area contributed by atoms with E-state index in [1.54, 1.807) is 12.1 Å². The summed E-state index contributed by atoms with van der Waals surface area (Å²) in [5.41, 5.74) is 1.43. The Morgan fingerprint density at radius 1 is 1.03 bits per heavy atom. The maximum Gasteiger partial charge on any atom is 0.262 e. The maximum absolute atomic E-state index is 13.2. The van der Waals surface area contributed by atoms with Crippen LogP contribution in [0.2, 0.25) is 0 Å². The van der Waals surface area contributed by atoms with Gasteiger partial charge in [0.05, 0.1) is 24.9 Å². The molecule has 4 rings (SSSR count). The average Bonchev–Trinajstić information content (AvgIpc) is 3.17. The van der Waals surface area contributed by atoms with Gasteiger partial charge in [0, 0.05) is 10.9 Å². The van der Waals surface area contributed by atoms with E-state index in [1.165, 1.54) is 34.4 Å². The van der Waals surface area contributed by atoms with Crippen LogP contribution in [0.4, 0.5) is 4.39 Å². The molecule has 7 heteroatoms. The Balaban J connectivity index is 1.52. The quantitative estimate of drug-likeness (QED) is 0.442. The number of fused-ring (bicyclic) bond motifs is 1. The van der Waals surface area contributed by atoms with Crippen molar-refractivity contribution >= 4 is 21.6 Å². The first kappa shape index (κ1) is 19.1. The standard InChI is InChI=1S/C22H19FN2O3S/c1-2-27-17-7-9-18(10-8-17)28-12-11-25-14-24-21-20(22(25)26)19(13-29-21)15-3-5-16(23)6-4-15/h3-10,13-14H,2,11-12H2,1H3. The Morgan fingerprint density at radius 2 is 1.72 bits per heavy atom. The van der Waals surface area contributed by atoms with Gasteiger partial charge in [0.2, 0.25) is 0 Å². The molecule has 0 atom stereocenters. The van der Waals surface area contributed by atoms with Crippen LogP contribution in [-0.4, -0.2) is 22.8 Å². The lowest BCUT2D eigenvalue weighted by Crippen LogP contribution is -2.23. The molecule has 4 aromatic rings. The van der Waals surface area contributed by atoms with Gasteiger partial charge in [0.15, 0.2) is 0 Å². The van der Waals surface area contributed by atoms with Gasteiger partial charge < -0.3 is 9.47 Å². The van der Waals surface area contributed by atoms with E-state index >= 15 is 0 Å². The summed E-state index contributed by atoms with van der Waals surface area (Å²) in [7, 11) is 0. The Bertz CT molecular complexity index is 1170. The zero-order valence-electron chi connectivity index (χ0n) is 15.8. The summed E-state index contributed by atoms with van der Waals surface area (Å²) in [6.45, 7) is 3.24. The molecular formula is C22H19FN2O3S.